The second-order valence-electron chi connectivity index (χ2n) is 5.46. The molecule has 22 heavy (non-hydrogen) atoms. The van der Waals surface area contributed by atoms with Gasteiger partial charge < -0.3 is 5.73 Å². The Labute approximate surface area is 147 Å². The lowest BCUT2D eigenvalue weighted by Crippen LogP contribution is -2.27. The van der Waals surface area contributed by atoms with Gasteiger partial charge in [0, 0.05) is 11.9 Å². The predicted octanol–water partition coefficient (Wildman–Crippen LogP) is 5.07. The van der Waals surface area contributed by atoms with Gasteiger partial charge in [0.1, 0.15) is 3.42 Å². The summed E-state index contributed by atoms with van der Waals surface area (Å²) in [5.41, 5.74) is 10.9. The van der Waals surface area contributed by atoms with E-state index in [1.54, 1.807) is 0 Å². The predicted molar refractivity (Wildman–Crippen MR) is 103 cm³/mol. The molecule has 1 aromatic heterocycles. The van der Waals surface area contributed by atoms with Gasteiger partial charge in [-0.2, -0.15) is 0 Å². The SMILES string of the molecule is CCCC(I)(C(N)=Cc1ccccc1)c1cc(CC)ccn1. The number of allylic oxidation sites excluding steroid dienone is 1. The number of hydrogen-bond donors (Lipinski definition) is 1. The fourth-order valence-electron chi connectivity index (χ4n) is 2.52. The Kier molecular flexibility index (Phi) is 6.00. The van der Waals surface area contributed by atoms with E-state index in [1.807, 2.05) is 24.4 Å². The Morgan fingerprint density at radius 3 is 2.59 bits per heavy atom. The van der Waals surface area contributed by atoms with Gasteiger partial charge in [-0.3, -0.25) is 4.98 Å². The minimum atomic E-state index is -0.256. The van der Waals surface area contributed by atoms with Crippen molar-refractivity contribution in [3.63, 3.8) is 0 Å². The van der Waals surface area contributed by atoms with Gasteiger partial charge in [-0.15, -0.1) is 0 Å². The lowest BCUT2D eigenvalue weighted by Gasteiger charge is -2.28. The molecule has 1 heterocycles. The van der Waals surface area contributed by atoms with Crippen molar-refractivity contribution >= 4 is 28.7 Å². The Hall–Kier alpha value is -1.36. The van der Waals surface area contributed by atoms with E-state index in [-0.39, 0.29) is 3.42 Å². The Balaban J connectivity index is 2.44. The Bertz CT molecular complexity index is 637. The largest absolute Gasteiger partial charge is 0.401 e. The quantitative estimate of drug-likeness (QED) is 0.537. The molecule has 1 atom stereocenters. The normalized spacial score (nSPS) is 14.6. The second kappa shape index (κ2) is 7.77. The lowest BCUT2D eigenvalue weighted by atomic mass is 9.93. The summed E-state index contributed by atoms with van der Waals surface area (Å²) in [6.45, 7) is 4.35. The molecule has 2 N–H and O–H groups in total. The van der Waals surface area contributed by atoms with Gasteiger partial charge in [-0.25, -0.2) is 0 Å². The van der Waals surface area contributed by atoms with Gasteiger partial charge in [0.2, 0.25) is 0 Å². The fourth-order valence-corrected chi connectivity index (χ4v) is 3.51. The molecule has 2 nitrogen and oxygen atoms in total. The molecule has 0 saturated heterocycles. The van der Waals surface area contributed by atoms with Crippen molar-refractivity contribution in [3.05, 3.63) is 71.2 Å². The van der Waals surface area contributed by atoms with E-state index in [9.17, 15) is 0 Å². The molecule has 2 rings (SSSR count). The molecule has 1 aromatic carbocycles. The summed E-state index contributed by atoms with van der Waals surface area (Å²) < 4.78 is -0.256. The maximum atomic E-state index is 6.51. The summed E-state index contributed by atoms with van der Waals surface area (Å²) >= 11 is 2.47. The van der Waals surface area contributed by atoms with Gasteiger partial charge in [-0.1, -0.05) is 73.2 Å². The van der Waals surface area contributed by atoms with Crippen LogP contribution in [0.2, 0.25) is 0 Å². The van der Waals surface area contributed by atoms with Crippen molar-refractivity contribution in [2.75, 3.05) is 0 Å². The number of nitrogens with two attached hydrogens (primary N) is 1. The van der Waals surface area contributed by atoms with Crippen LogP contribution in [0, 0.1) is 0 Å². The number of hydrogen-bond acceptors (Lipinski definition) is 2. The number of aryl methyl sites for hydroxylation is 1. The Morgan fingerprint density at radius 1 is 1.23 bits per heavy atom. The molecule has 0 radical (unpaired) electrons. The van der Waals surface area contributed by atoms with Crippen LogP contribution in [-0.4, -0.2) is 4.98 Å². The number of halogens is 1. The van der Waals surface area contributed by atoms with Crippen LogP contribution in [0.25, 0.3) is 6.08 Å². The second-order valence-corrected chi connectivity index (χ2v) is 7.31. The summed E-state index contributed by atoms with van der Waals surface area (Å²) in [4.78, 5) is 4.61. The van der Waals surface area contributed by atoms with Crippen LogP contribution in [0.1, 0.15) is 43.5 Å². The highest BCUT2D eigenvalue weighted by molar-refractivity contribution is 14.1. The number of aromatic nitrogens is 1. The minimum Gasteiger partial charge on any atom is -0.401 e. The molecule has 116 valence electrons. The van der Waals surface area contributed by atoms with Gasteiger partial charge in [-0.05, 0) is 42.2 Å². The molecule has 0 saturated carbocycles. The van der Waals surface area contributed by atoms with Crippen LogP contribution in [0.3, 0.4) is 0 Å². The molecule has 1 unspecified atom stereocenters. The van der Waals surface area contributed by atoms with Crippen molar-refractivity contribution in [3.8, 4) is 0 Å². The van der Waals surface area contributed by atoms with E-state index in [2.05, 4.69) is 71.8 Å². The summed E-state index contributed by atoms with van der Waals surface area (Å²) in [5, 5.41) is 0. The van der Waals surface area contributed by atoms with Gasteiger partial charge in [0.25, 0.3) is 0 Å². The number of rotatable bonds is 6. The van der Waals surface area contributed by atoms with Gasteiger partial charge in [0.15, 0.2) is 0 Å². The molecular formula is C19H23IN2. The number of pyridine rings is 1. The first-order valence-electron chi connectivity index (χ1n) is 7.77. The zero-order chi connectivity index (χ0) is 16.0. The summed E-state index contributed by atoms with van der Waals surface area (Å²) in [6.07, 6.45) is 7.01. The van der Waals surface area contributed by atoms with Crippen LogP contribution >= 0.6 is 22.6 Å². The van der Waals surface area contributed by atoms with Crippen molar-refractivity contribution in [1.82, 2.24) is 4.98 Å². The van der Waals surface area contributed by atoms with Crippen LogP contribution in [-0.2, 0) is 9.84 Å². The maximum absolute atomic E-state index is 6.51. The third kappa shape index (κ3) is 3.88. The topological polar surface area (TPSA) is 38.9 Å². The van der Waals surface area contributed by atoms with Crippen molar-refractivity contribution in [2.24, 2.45) is 5.73 Å². The highest BCUT2D eigenvalue weighted by Gasteiger charge is 2.32. The molecule has 2 aromatic rings. The van der Waals surface area contributed by atoms with Crippen LogP contribution in [0.4, 0.5) is 0 Å². The average Bonchev–Trinajstić information content (AvgIpc) is 2.56. The Morgan fingerprint density at radius 2 is 1.95 bits per heavy atom. The first-order chi connectivity index (χ1) is 10.6. The summed E-state index contributed by atoms with van der Waals surface area (Å²) in [5.74, 6) is 0. The average molecular weight is 406 g/mol. The number of nitrogens with zero attached hydrogens (tertiary/aromatic N) is 1. The molecule has 0 aliphatic rings. The molecule has 0 amide bonds. The summed E-state index contributed by atoms with van der Waals surface area (Å²) in [6, 6.07) is 14.5. The molecule has 0 fully saturated rings. The third-order valence-corrected chi connectivity index (χ3v) is 5.53. The standard InChI is InChI=1S/C19H23IN2/c1-3-11-19(20,18-14-15(4-2)10-12-22-18)17(21)13-16-8-6-5-7-9-16/h5-10,12-14H,3-4,11,21H2,1-2H3. The van der Waals surface area contributed by atoms with Crippen molar-refractivity contribution in [1.29, 1.82) is 0 Å². The van der Waals surface area contributed by atoms with Gasteiger partial charge in [0.05, 0.1) is 5.69 Å². The fraction of sp³-hybridized carbons (Fsp3) is 0.316. The van der Waals surface area contributed by atoms with E-state index < -0.39 is 0 Å². The molecule has 0 bridgehead atoms. The van der Waals surface area contributed by atoms with Crippen molar-refractivity contribution in [2.45, 2.75) is 36.5 Å². The van der Waals surface area contributed by atoms with E-state index in [1.165, 1.54) is 5.56 Å². The minimum absolute atomic E-state index is 0.256. The molecular weight excluding hydrogens is 383 g/mol. The molecule has 3 heteroatoms. The zero-order valence-corrected chi connectivity index (χ0v) is 15.4. The summed E-state index contributed by atoms with van der Waals surface area (Å²) in [7, 11) is 0. The first-order valence-corrected chi connectivity index (χ1v) is 8.85. The first kappa shape index (κ1) is 17.0. The van der Waals surface area contributed by atoms with E-state index in [0.717, 1.165) is 36.2 Å². The third-order valence-electron chi connectivity index (χ3n) is 3.81. The zero-order valence-electron chi connectivity index (χ0n) is 13.2. The number of benzene rings is 1. The van der Waals surface area contributed by atoms with E-state index >= 15 is 0 Å². The van der Waals surface area contributed by atoms with Crippen LogP contribution < -0.4 is 5.73 Å². The molecule has 0 aliphatic carbocycles. The van der Waals surface area contributed by atoms with E-state index in [4.69, 9.17) is 5.73 Å². The van der Waals surface area contributed by atoms with Crippen molar-refractivity contribution < 1.29 is 0 Å². The monoisotopic (exact) mass is 406 g/mol. The van der Waals surface area contributed by atoms with Crippen LogP contribution in [0.15, 0.2) is 54.4 Å². The van der Waals surface area contributed by atoms with Gasteiger partial charge >= 0.3 is 0 Å². The molecule has 0 spiro atoms. The number of alkyl halides is 1. The highest BCUT2D eigenvalue weighted by atomic mass is 127. The maximum Gasteiger partial charge on any atom is 0.103 e. The van der Waals surface area contributed by atoms with E-state index in [0.29, 0.717) is 0 Å². The smallest absolute Gasteiger partial charge is 0.103 e. The van der Waals surface area contributed by atoms with Crippen LogP contribution in [0.5, 0.6) is 0 Å². The highest BCUT2D eigenvalue weighted by Crippen LogP contribution is 2.41. The lowest BCUT2D eigenvalue weighted by molar-refractivity contribution is 0.640. The molecule has 0 aliphatic heterocycles.